The highest BCUT2D eigenvalue weighted by molar-refractivity contribution is 7.91. The fraction of sp³-hybridized carbons (Fsp3) is 0.900. The molecule has 0 aliphatic carbocycles. The van der Waals surface area contributed by atoms with Gasteiger partial charge in [0.05, 0.1) is 24.1 Å². The average Bonchev–Trinajstić information content (AvgIpc) is 2.53. The summed E-state index contributed by atoms with van der Waals surface area (Å²) in [5.41, 5.74) is 0. The van der Waals surface area contributed by atoms with Crippen LogP contribution in [-0.4, -0.2) is 69.5 Å². The van der Waals surface area contributed by atoms with Crippen LogP contribution in [0.4, 0.5) is 0 Å². The summed E-state index contributed by atoms with van der Waals surface area (Å²) < 4.78 is 22.7. The van der Waals surface area contributed by atoms with Gasteiger partial charge in [-0.1, -0.05) is 0 Å². The van der Waals surface area contributed by atoms with E-state index >= 15 is 0 Å². The van der Waals surface area contributed by atoms with Gasteiger partial charge in [0.15, 0.2) is 9.84 Å². The van der Waals surface area contributed by atoms with Gasteiger partial charge in [0.2, 0.25) is 0 Å². The normalized spacial score (nSPS) is 23.8. The standard InChI is InChI=1S/C10H19N3O2S/c1-12(2)6-7-13(5-4-11)10-3-8-16(14,15)9-10/h10H,3,5-9H2,1-2H3. The van der Waals surface area contributed by atoms with E-state index in [-0.39, 0.29) is 17.5 Å². The summed E-state index contributed by atoms with van der Waals surface area (Å²) in [5, 5.41) is 8.74. The Kier molecular flexibility index (Phi) is 4.71. The summed E-state index contributed by atoms with van der Waals surface area (Å²) in [6.07, 6.45) is 0.664. The molecule has 0 aromatic heterocycles. The van der Waals surface area contributed by atoms with E-state index in [0.29, 0.717) is 13.0 Å². The van der Waals surface area contributed by atoms with Crippen LogP contribution in [0.25, 0.3) is 0 Å². The summed E-state index contributed by atoms with van der Waals surface area (Å²) in [6.45, 7) is 1.91. The molecule has 0 N–H and O–H groups in total. The molecule has 6 heteroatoms. The van der Waals surface area contributed by atoms with E-state index in [4.69, 9.17) is 5.26 Å². The van der Waals surface area contributed by atoms with E-state index in [1.165, 1.54) is 0 Å². The second-order valence-electron chi connectivity index (χ2n) is 4.49. The molecule has 0 radical (unpaired) electrons. The van der Waals surface area contributed by atoms with Gasteiger partial charge in [-0.3, -0.25) is 4.90 Å². The molecular weight excluding hydrogens is 226 g/mol. The minimum atomic E-state index is -2.86. The SMILES string of the molecule is CN(C)CCN(CC#N)C1CCS(=O)(=O)C1. The molecule has 1 fully saturated rings. The number of nitriles is 1. The molecule has 0 spiro atoms. The van der Waals surface area contributed by atoms with Gasteiger partial charge in [0.1, 0.15) is 0 Å². The van der Waals surface area contributed by atoms with Crippen molar-refractivity contribution in [3.05, 3.63) is 0 Å². The Labute approximate surface area is 97.6 Å². The maximum absolute atomic E-state index is 11.4. The zero-order valence-electron chi connectivity index (χ0n) is 9.89. The van der Waals surface area contributed by atoms with Crippen molar-refractivity contribution in [1.82, 2.24) is 9.80 Å². The zero-order chi connectivity index (χ0) is 12.2. The third-order valence-electron chi connectivity index (χ3n) is 2.83. The predicted molar refractivity (Wildman–Crippen MR) is 62.8 cm³/mol. The molecule has 1 rings (SSSR count). The molecule has 1 heterocycles. The highest BCUT2D eigenvalue weighted by Crippen LogP contribution is 2.17. The molecule has 92 valence electrons. The highest BCUT2D eigenvalue weighted by atomic mass is 32.2. The number of sulfone groups is 1. The topological polar surface area (TPSA) is 64.4 Å². The molecule has 0 bridgehead atoms. The Hall–Kier alpha value is -0.640. The third kappa shape index (κ3) is 4.08. The van der Waals surface area contributed by atoms with E-state index in [1.807, 2.05) is 23.9 Å². The van der Waals surface area contributed by atoms with Crippen LogP contribution < -0.4 is 0 Å². The molecule has 16 heavy (non-hydrogen) atoms. The van der Waals surface area contributed by atoms with Crippen molar-refractivity contribution in [1.29, 1.82) is 5.26 Å². The van der Waals surface area contributed by atoms with Crippen molar-refractivity contribution in [2.24, 2.45) is 0 Å². The van der Waals surface area contributed by atoms with Gasteiger partial charge in [-0.15, -0.1) is 0 Å². The summed E-state index contributed by atoms with van der Waals surface area (Å²) >= 11 is 0. The van der Waals surface area contributed by atoms with Crippen LogP contribution in [0.3, 0.4) is 0 Å². The fourth-order valence-corrected chi connectivity index (χ4v) is 3.63. The van der Waals surface area contributed by atoms with Crippen LogP contribution in [0.15, 0.2) is 0 Å². The zero-order valence-corrected chi connectivity index (χ0v) is 10.7. The minimum Gasteiger partial charge on any atom is -0.308 e. The quantitative estimate of drug-likeness (QED) is 0.614. The van der Waals surface area contributed by atoms with Crippen molar-refractivity contribution in [3.8, 4) is 6.07 Å². The number of rotatable bonds is 5. The first-order chi connectivity index (χ1) is 7.44. The molecule has 1 unspecified atom stereocenters. The van der Waals surface area contributed by atoms with Crippen LogP contribution in [-0.2, 0) is 9.84 Å². The van der Waals surface area contributed by atoms with Crippen LogP contribution >= 0.6 is 0 Å². The predicted octanol–water partition coefficient (Wildman–Crippen LogP) is -0.439. The fourth-order valence-electron chi connectivity index (χ4n) is 1.87. The first kappa shape index (κ1) is 13.4. The van der Waals surface area contributed by atoms with Gasteiger partial charge in [-0.2, -0.15) is 5.26 Å². The molecule has 0 aromatic carbocycles. The smallest absolute Gasteiger partial charge is 0.151 e. The van der Waals surface area contributed by atoms with Crippen LogP contribution in [0.2, 0.25) is 0 Å². The van der Waals surface area contributed by atoms with Crippen LogP contribution in [0, 0.1) is 11.3 Å². The van der Waals surface area contributed by atoms with Crippen molar-refractivity contribution < 1.29 is 8.42 Å². The maximum atomic E-state index is 11.4. The lowest BCUT2D eigenvalue weighted by molar-refractivity contribution is 0.213. The molecular formula is C10H19N3O2S. The van der Waals surface area contributed by atoms with Crippen molar-refractivity contribution >= 4 is 9.84 Å². The van der Waals surface area contributed by atoms with Gasteiger partial charge in [-0.25, -0.2) is 8.42 Å². The Bertz CT molecular complexity index is 359. The van der Waals surface area contributed by atoms with Crippen molar-refractivity contribution in [2.75, 3.05) is 45.2 Å². The molecule has 1 atom stereocenters. The van der Waals surface area contributed by atoms with Crippen molar-refractivity contribution in [3.63, 3.8) is 0 Å². The van der Waals surface area contributed by atoms with Crippen LogP contribution in [0.1, 0.15) is 6.42 Å². The van der Waals surface area contributed by atoms with Gasteiger partial charge in [0.25, 0.3) is 0 Å². The minimum absolute atomic E-state index is 0.0320. The lowest BCUT2D eigenvalue weighted by Crippen LogP contribution is -2.40. The Morgan fingerprint density at radius 2 is 2.06 bits per heavy atom. The summed E-state index contributed by atoms with van der Waals surface area (Å²) in [7, 11) is 1.07. The number of likely N-dealkylation sites (N-methyl/N-ethyl adjacent to an activating group) is 1. The van der Waals surface area contributed by atoms with E-state index in [2.05, 4.69) is 6.07 Å². The Morgan fingerprint density at radius 1 is 1.38 bits per heavy atom. The number of nitrogens with zero attached hydrogens (tertiary/aromatic N) is 3. The first-order valence-electron chi connectivity index (χ1n) is 5.41. The molecule has 1 aliphatic heterocycles. The third-order valence-corrected chi connectivity index (χ3v) is 4.58. The van der Waals surface area contributed by atoms with Crippen molar-refractivity contribution in [2.45, 2.75) is 12.5 Å². The number of hydrogen-bond donors (Lipinski definition) is 0. The average molecular weight is 245 g/mol. The molecule has 0 amide bonds. The Balaban J connectivity index is 2.54. The van der Waals surface area contributed by atoms with Gasteiger partial charge < -0.3 is 4.90 Å². The van der Waals surface area contributed by atoms with Gasteiger partial charge in [-0.05, 0) is 20.5 Å². The summed E-state index contributed by atoms with van der Waals surface area (Å²) in [5.74, 6) is 0.476. The van der Waals surface area contributed by atoms with Crippen LogP contribution in [0.5, 0.6) is 0 Å². The monoisotopic (exact) mass is 245 g/mol. The van der Waals surface area contributed by atoms with Gasteiger partial charge >= 0.3 is 0 Å². The highest BCUT2D eigenvalue weighted by Gasteiger charge is 2.31. The first-order valence-corrected chi connectivity index (χ1v) is 7.23. The summed E-state index contributed by atoms with van der Waals surface area (Å²) in [4.78, 5) is 4.01. The second-order valence-corrected chi connectivity index (χ2v) is 6.72. The number of hydrogen-bond acceptors (Lipinski definition) is 5. The molecule has 1 aliphatic rings. The maximum Gasteiger partial charge on any atom is 0.151 e. The Morgan fingerprint density at radius 3 is 2.50 bits per heavy atom. The van der Waals surface area contributed by atoms with E-state index in [0.717, 1.165) is 13.1 Å². The molecule has 0 saturated carbocycles. The molecule has 0 aromatic rings. The van der Waals surface area contributed by atoms with E-state index in [1.54, 1.807) is 0 Å². The second kappa shape index (κ2) is 5.62. The molecule has 5 nitrogen and oxygen atoms in total. The lowest BCUT2D eigenvalue weighted by atomic mass is 10.2. The van der Waals surface area contributed by atoms with E-state index in [9.17, 15) is 8.42 Å². The van der Waals surface area contributed by atoms with E-state index < -0.39 is 9.84 Å². The van der Waals surface area contributed by atoms with Gasteiger partial charge in [0, 0.05) is 19.1 Å². The largest absolute Gasteiger partial charge is 0.308 e. The summed E-state index contributed by atoms with van der Waals surface area (Å²) in [6, 6.07) is 2.14. The molecule has 1 saturated heterocycles. The lowest BCUT2D eigenvalue weighted by Gasteiger charge is -2.26.